The number of ether oxygens (including phenoxy) is 2. The van der Waals surface area contributed by atoms with Crippen molar-refractivity contribution in [1.82, 2.24) is 4.90 Å². The van der Waals surface area contributed by atoms with Crippen molar-refractivity contribution in [3.8, 4) is 11.5 Å². The Kier molecular flexibility index (Phi) is 5.68. The van der Waals surface area contributed by atoms with Crippen LogP contribution in [0, 0.1) is 5.92 Å². The van der Waals surface area contributed by atoms with Crippen molar-refractivity contribution < 1.29 is 14.6 Å². The SMILES string of the molecule is COc1ccc(OCCN2CCCC(C(C)O)C2)cc1. The van der Waals surface area contributed by atoms with Gasteiger partial charge in [-0.15, -0.1) is 0 Å². The Hall–Kier alpha value is -1.26. The van der Waals surface area contributed by atoms with E-state index < -0.39 is 0 Å². The molecule has 112 valence electrons. The van der Waals surface area contributed by atoms with Gasteiger partial charge in [-0.25, -0.2) is 0 Å². The maximum atomic E-state index is 9.68. The molecule has 1 heterocycles. The molecule has 0 amide bonds. The standard InChI is InChI=1S/C16H25NO3/c1-13(18)14-4-3-9-17(12-14)10-11-20-16-7-5-15(19-2)6-8-16/h5-8,13-14,18H,3-4,9-12H2,1-2H3. The smallest absolute Gasteiger partial charge is 0.119 e. The van der Waals surface area contributed by atoms with E-state index in [1.807, 2.05) is 31.2 Å². The second kappa shape index (κ2) is 7.50. The number of likely N-dealkylation sites (tertiary alicyclic amines) is 1. The lowest BCUT2D eigenvalue weighted by Gasteiger charge is -2.33. The molecule has 0 aliphatic carbocycles. The Morgan fingerprint density at radius 3 is 2.65 bits per heavy atom. The van der Waals surface area contributed by atoms with Crippen molar-refractivity contribution in [2.75, 3.05) is 33.4 Å². The van der Waals surface area contributed by atoms with E-state index in [-0.39, 0.29) is 6.10 Å². The summed E-state index contributed by atoms with van der Waals surface area (Å²) in [5.41, 5.74) is 0. The van der Waals surface area contributed by atoms with Crippen molar-refractivity contribution in [1.29, 1.82) is 0 Å². The van der Waals surface area contributed by atoms with Crippen LogP contribution in [0.5, 0.6) is 11.5 Å². The Labute approximate surface area is 121 Å². The third-order valence-corrected chi connectivity index (χ3v) is 3.96. The number of piperidine rings is 1. The summed E-state index contributed by atoms with van der Waals surface area (Å²) in [5, 5.41) is 9.68. The predicted octanol–water partition coefficient (Wildman–Crippen LogP) is 2.17. The highest BCUT2D eigenvalue weighted by molar-refractivity contribution is 5.31. The van der Waals surface area contributed by atoms with Gasteiger partial charge in [0.05, 0.1) is 13.2 Å². The fraction of sp³-hybridized carbons (Fsp3) is 0.625. The van der Waals surface area contributed by atoms with Gasteiger partial charge in [-0.05, 0) is 56.5 Å². The second-order valence-corrected chi connectivity index (χ2v) is 5.47. The summed E-state index contributed by atoms with van der Waals surface area (Å²) in [6, 6.07) is 7.65. The van der Waals surface area contributed by atoms with Gasteiger partial charge < -0.3 is 14.6 Å². The van der Waals surface area contributed by atoms with Crippen LogP contribution in [-0.4, -0.2) is 49.5 Å². The molecule has 1 aromatic carbocycles. The van der Waals surface area contributed by atoms with E-state index >= 15 is 0 Å². The number of methoxy groups -OCH3 is 1. The Morgan fingerprint density at radius 2 is 2.00 bits per heavy atom. The summed E-state index contributed by atoms with van der Waals surface area (Å²) in [7, 11) is 1.66. The zero-order valence-electron chi connectivity index (χ0n) is 12.4. The molecule has 1 aliphatic rings. The number of hydrogen-bond acceptors (Lipinski definition) is 4. The zero-order valence-corrected chi connectivity index (χ0v) is 12.4. The number of nitrogens with zero attached hydrogens (tertiary/aromatic N) is 1. The Morgan fingerprint density at radius 1 is 1.30 bits per heavy atom. The quantitative estimate of drug-likeness (QED) is 0.866. The van der Waals surface area contributed by atoms with E-state index in [0.717, 1.165) is 44.0 Å². The first-order valence-electron chi connectivity index (χ1n) is 7.36. The molecule has 0 radical (unpaired) electrons. The minimum atomic E-state index is -0.208. The minimum Gasteiger partial charge on any atom is -0.497 e. The van der Waals surface area contributed by atoms with Crippen molar-refractivity contribution in [3.63, 3.8) is 0 Å². The van der Waals surface area contributed by atoms with Gasteiger partial charge in [-0.2, -0.15) is 0 Å². The maximum Gasteiger partial charge on any atom is 0.119 e. The summed E-state index contributed by atoms with van der Waals surface area (Å²) in [4.78, 5) is 2.38. The van der Waals surface area contributed by atoms with Crippen LogP contribution in [0.15, 0.2) is 24.3 Å². The first kappa shape index (κ1) is 15.1. The monoisotopic (exact) mass is 279 g/mol. The molecule has 2 atom stereocenters. The lowest BCUT2D eigenvalue weighted by atomic mass is 9.93. The number of hydrogen-bond donors (Lipinski definition) is 1. The van der Waals surface area contributed by atoms with Crippen LogP contribution in [0.4, 0.5) is 0 Å². The number of aliphatic hydroxyl groups excluding tert-OH is 1. The molecule has 1 aliphatic heterocycles. The summed E-state index contributed by atoms with van der Waals surface area (Å²) in [5.74, 6) is 2.12. The van der Waals surface area contributed by atoms with E-state index in [1.54, 1.807) is 7.11 Å². The highest BCUT2D eigenvalue weighted by Crippen LogP contribution is 2.20. The molecule has 20 heavy (non-hydrogen) atoms. The van der Waals surface area contributed by atoms with E-state index in [4.69, 9.17) is 9.47 Å². The molecule has 0 aromatic heterocycles. The molecule has 4 nitrogen and oxygen atoms in total. The molecule has 1 N–H and O–H groups in total. The van der Waals surface area contributed by atoms with E-state index in [1.165, 1.54) is 0 Å². The van der Waals surface area contributed by atoms with Crippen LogP contribution in [0.2, 0.25) is 0 Å². The molecular weight excluding hydrogens is 254 g/mol. The molecule has 1 fully saturated rings. The van der Waals surface area contributed by atoms with Crippen LogP contribution < -0.4 is 9.47 Å². The zero-order chi connectivity index (χ0) is 14.4. The largest absolute Gasteiger partial charge is 0.497 e. The van der Waals surface area contributed by atoms with Crippen molar-refractivity contribution >= 4 is 0 Å². The summed E-state index contributed by atoms with van der Waals surface area (Å²) in [6.45, 7) is 5.56. The van der Waals surface area contributed by atoms with Crippen LogP contribution >= 0.6 is 0 Å². The van der Waals surface area contributed by atoms with Gasteiger partial charge in [-0.1, -0.05) is 0 Å². The lowest BCUT2D eigenvalue weighted by Crippen LogP contribution is -2.41. The van der Waals surface area contributed by atoms with E-state index in [2.05, 4.69) is 4.90 Å². The first-order valence-corrected chi connectivity index (χ1v) is 7.36. The van der Waals surface area contributed by atoms with E-state index in [9.17, 15) is 5.11 Å². The maximum absolute atomic E-state index is 9.68. The fourth-order valence-electron chi connectivity index (χ4n) is 2.65. The fourth-order valence-corrected chi connectivity index (χ4v) is 2.65. The molecule has 2 rings (SSSR count). The van der Waals surface area contributed by atoms with Crippen LogP contribution in [-0.2, 0) is 0 Å². The van der Waals surface area contributed by atoms with Gasteiger partial charge in [0, 0.05) is 13.1 Å². The molecule has 2 unspecified atom stereocenters. The average molecular weight is 279 g/mol. The number of rotatable bonds is 6. The van der Waals surface area contributed by atoms with Gasteiger partial charge in [0.15, 0.2) is 0 Å². The number of benzene rings is 1. The Balaban J connectivity index is 1.72. The van der Waals surface area contributed by atoms with E-state index in [0.29, 0.717) is 12.5 Å². The van der Waals surface area contributed by atoms with Crippen LogP contribution in [0.1, 0.15) is 19.8 Å². The van der Waals surface area contributed by atoms with Gasteiger partial charge in [0.1, 0.15) is 18.1 Å². The summed E-state index contributed by atoms with van der Waals surface area (Å²) in [6.07, 6.45) is 2.09. The van der Waals surface area contributed by atoms with Gasteiger partial charge in [-0.3, -0.25) is 4.90 Å². The highest BCUT2D eigenvalue weighted by atomic mass is 16.5. The second-order valence-electron chi connectivity index (χ2n) is 5.47. The Bertz CT molecular complexity index is 391. The van der Waals surface area contributed by atoms with Crippen molar-refractivity contribution in [3.05, 3.63) is 24.3 Å². The predicted molar refractivity (Wildman–Crippen MR) is 79.3 cm³/mol. The van der Waals surface area contributed by atoms with Crippen molar-refractivity contribution in [2.45, 2.75) is 25.9 Å². The third-order valence-electron chi connectivity index (χ3n) is 3.96. The minimum absolute atomic E-state index is 0.208. The van der Waals surface area contributed by atoms with Crippen LogP contribution in [0.3, 0.4) is 0 Å². The molecule has 1 aromatic rings. The molecule has 4 heteroatoms. The van der Waals surface area contributed by atoms with Gasteiger partial charge in [0.25, 0.3) is 0 Å². The van der Waals surface area contributed by atoms with Crippen LogP contribution in [0.25, 0.3) is 0 Å². The lowest BCUT2D eigenvalue weighted by molar-refractivity contribution is 0.0573. The van der Waals surface area contributed by atoms with Gasteiger partial charge >= 0.3 is 0 Å². The highest BCUT2D eigenvalue weighted by Gasteiger charge is 2.22. The molecule has 1 saturated heterocycles. The third kappa shape index (κ3) is 4.39. The molecule has 0 bridgehead atoms. The first-order chi connectivity index (χ1) is 9.69. The average Bonchev–Trinajstić information content (AvgIpc) is 2.48. The topological polar surface area (TPSA) is 41.9 Å². The van der Waals surface area contributed by atoms with Gasteiger partial charge in [0.2, 0.25) is 0 Å². The molecule has 0 saturated carbocycles. The van der Waals surface area contributed by atoms with Crippen molar-refractivity contribution in [2.24, 2.45) is 5.92 Å². The summed E-state index contributed by atoms with van der Waals surface area (Å²) >= 11 is 0. The number of aliphatic hydroxyl groups is 1. The summed E-state index contributed by atoms with van der Waals surface area (Å²) < 4.78 is 10.9. The normalized spacial score (nSPS) is 21.4. The molecule has 0 spiro atoms. The molecular formula is C16H25NO3.